The van der Waals surface area contributed by atoms with Crippen molar-refractivity contribution in [1.82, 2.24) is 5.32 Å². The summed E-state index contributed by atoms with van der Waals surface area (Å²) in [7, 11) is -3.45. The van der Waals surface area contributed by atoms with Gasteiger partial charge in [0.15, 0.2) is 0 Å². The fraction of sp³-hybridized carbons (Fsp3) is 0.400. The Hall–Kier alpha value is -0.500. The first-order chi connectivity index (χ1) is 7.79. The van der Waals surface area contributed by atoms with Gasteiger partial charge in [-0.3, -0.25) is 0 Å². The first-order valence-electron chi connectivity index (χ1n) is 4.98. The van der Waals surface area contributed by atoms with Gasteiger partial charge in [-0.1, -0.05) is 6.07 Å². The van der Waals surface area contributed by atoms with Gasteiger partial charge >= 0.3 is 0 Å². The monoisotopic (exact) mass is 324 g/mol. The van der Waals surface area contributed by atoms with Gasteiger partial charge in [-0.15, -0.1) is 0 Å². The lowest BCUT2D eigenvalue weighted by atomic mass is 10.1. The quantitative estimate of drug-likeness (QED) is 0.862. The first kappa shape index (κ1) is 14.6. The van der Waals surface area contributed by atoms with Crippen molar-refractivity contribution in [1.29, 1.82) is 0 Å². The van der Waals surface area contributed by atoms with Crippen LogP contribution in [-0.2, 0) is 10.0 Å². The molecule has 0 heterocycles. The van der Waals surface area contributed by atoms with E-state index >= 15 is 0 Å². The summed E-state index contributed by atoms with van der Waals surface area (Å²) < 4.78 is 34.8. The predicted molar refractivity (Wildman–Crippen MR) is 68.5 cm³/mol. The van der Waals surface area contributed by atoms with Crippen LogP contribution < -0.4 is 10.5 Å². The van der Waals surface area contributed by atoms with Crippen LogP contribution in [0.3, 0.4) is 0 Å². The first-order valence-corrected chi connectivity index (χ1v) is 7.49. The van der Waals surface area contributed by atoms with Gasteiger partial charge in [-0.05, 0) is 40.5 Å². The molecule has 1 rings (SSSR count). The van der Waals surface area contributed by atoms with Crippen LogP contribution in [0.25, 0.3) is 0 Å². The Bertz CT molecular complexity index is 493. The average molecular weight is 325 g/mol. The molecule has 4 nitrogen and oxygen atoms in total. The molecule has 0 saturated heterocycles. The minimum absolute atomic E-state index is 0.0753. The Kier molecular flexibility index (Phi) is 5.05. The largest absolute Gasteiger partial charge is 0.309 e. The number of sulfonamides is 1. The van der Waals surface area contributed by atoms with E-state index in [-0.39, 0.29) is 24.2 Å². The predicted octanol–water partition coefficient (Wildman–Crippen LogP) is 1.53. The molecule has 1 aromatic carbocycles. The number of benzene rings is 1. The second-order valence-corrected chi connectivity index (χ2v) is 6.30. The fourth-order valence-electron chi connectivity index (χ4n) is 1.32. The lowest BCUT2D eigenvalue weighted by molar-refractivity contribution is 0.571. The van der Waals surface area contributed by atoms with Crippen molar-refractivity contribution in [2.24, 2.45) is 5.14 Å². The van der Waals surface area contributed by atoms with Crippen LogP contribution >= 0.6 is 15.9 Å². The third-order valence-electron chi connectivity index (χ3n) is 2.28. The molecule has 17 heavy (non-hydrogen) atoms. The molecule has 1 atom stereocenters. The summed E-state index contributed by atoms with van der Waals surface area (Å²) >= 11 is 3.10. The van der Waals surface area contributed by atoms with Crippen LogP contribution in [0.4, 0.5) is 4.39 Å². The molecule has 1 aromatic rings. The lowest BCUT2D eigenvalue weighted by Gasteiger charge is -2.14. The van der Waals surface area contributed by atoms with Crippen molar-refractivity contribution in [3.63, 3.8) is 0 Å². The van der Waals surface area contributed by atoms with E-state index in [2.05, 4.69) is 21.2 Å². The smallest absolute Gasteiger partial charge is 0.210 e. The molecule has 0 spiro atoms. The zero-order chi connectivity index (χ0) is 13.1. The third-order valence-corrected chi connectivity index (χ3v) is 3.66. The molecule has 0 fully saturated rings. The van der Waals surface area contributed by atoms with Gasteiger partial charge in [0.2, 0.25) is 10.0 Å². The lowest BCUT2D eigenvalue weighted by Crippen LogP contribution is -2.28. The van der Waals surface area contributed by atoms with Crippen molar-refractivity contribution in [3.8, 4) is 0 Å². The van der Waals surface area contributed by atoms with Crippen molar-refractivity contribution in [2.75, 3.05) is 12.3 Å². The maximum absolute atomic E-state index is 13.0. The van der Waals surface area contributed by atoms with E-state index in [1.165, 1.54) is 6.07 Å². The SMILES string of the molecule is CC(NCCS(N)(=O)=O)c1ccc(F)c(Br)c1. The summed E-state index contributed by atoms with van der Waals surface area (Å²) in [4.78, 5) is 0. The topological polar surface area (TPSA) is 72.2 Å². The van der Waals surface area contributed by atoms with Crippen LogP contribution in [0.1, 0.15) is 18.5 Å². The van der Waals surface area contributed by atoms with Crippen molar-refractivity contribution in [3.05, 3.63) is 34.1 Å². The van der Waals surface area contributed by atoms with Gasteiger partial charge in [0.1, 0.15) is 5.82 Å². The number of primary sulfonamides is 1. The summed E-state index contributed by atoms with van der Waals surface area (Å²) in [6.07, 6.45) is 0. The molecule has 7 heteroatoms. The highest BCUT2D eigenvalue weighted by Crippen LogP contribution is 2.20. The number of hydrogen-bond donors (Lipinski definition) is 2. The normalized spacial score (nSPS) is 13.6. The van der Waals surface area contributed by atoms with Crippen LogP contribution in [0.5, 0.6) is 0 Å². The van der Waals surface area contributed by atoms with Crippen LogP contribution in [0.15, 0.2) is 22.7 Å². The number of rotatable bonds is 5. The molecule has 0 aromatic heterocycles. The number of nitrogens with two attached hydrogens (primary N) is 1. The number of nitrogens with one attached hydrogen (secondary N) is 1. The Balaban J connectivity index is 2.58. The molecule has 0 aliphatic carbocycles. The van der Waals surface area contributed by atoms with Crippen molar-refractivity contribution >= 4 is 26.0 Å². The molecule has 0 saturated carbocycles. The molecule has 0 aliphatic rings. The van der Waals surface area contributed by atoms with E-state index in [0.717, 1.165) is 5.56 Å². The van der Waals surface area contributed by atoms with E-state index < -0.39 is 10.0 Å². The van der Waals surface area contributed by atoms with Crippen LogP contribution in [0, 0.1) is 5.82 Å². The molecule has 0 radical (unpaired) electrons. The minimum atomic E-state index is -3.45. The zero-order valence-electron chi connectivity index (χ0n) is 9.28. The van der Waals surface area contributed by atoms with Crippen LogP contribution in [0.2, 0.25) is 0 Å². The van der Waals surface area contributed by atoms with Crippen molar-refractivity contribution in [2.45, 2.75) is 13.0 Å². The summed E-state index contributed by atoms with van der Waals surface area (Å²) in [6.45, 7) is 2.12. The Morgan fingerprint density at radius 1 is 1.53 bits per heavy atom. The fourth-order valence-corrected chi connectivity index (χ4v) is 2.12. The molecular weight excluding hydrogens is 311 g/mol. The van der Waals surface area contributed by atoms with Gasteiger partial charge in [0.25, 0.3) is 0 Å². The number of hydrogen-bond acceptors (Lipinski definition) is 3. The molecule has 0 amide bonds. The summed E-state index contributed by atoms with van der Waals surface area (Å²) in [5.74, 6) is -0.454. The van der Waals surface area contributed by atoms with Crippen molar-refractivity contribution < 1.29 is 12.8 Å². The third kappa shape index (κ3) is 5.12. The highest BCUT2D eigenvalue weighted by molar-refractivity contribution is 9.10. The zero-order valence-corrected chi connectivity index (χ0v) is 11.7. The Morgan fingerprint density at radius 3 is 2.71 bits per heavy atom. The van der Waals surface area contributed by atoms with Gasteiger partial charge in [0.05, 0.1) is 10.2 Å². The van der Waals surface area contributed by atoms with E-state index in [1.54, 1.807) is 12.1 Å². The molecule has 1 unspecified atom stereocenters. The van der Waals surface area contributed by atoms with E-state index in [9.17, 15) is 12.8 Å². The molecule has 0 aliphatic heterocycles. The Morgan fingerprint density at radius 2 is 2.18 bits per heavy atom. The highest BCUT2D eigenvalue weighted by atomic mass is 79.9. The Labute approximate surface area is 109 Å². The van der Waals surface area contributed by atoms with E-state index in [1.807, 2.05) is 6.92 Å². The second kappa shape index (κ2) is 5.90. The molecular formula is C10H14BrFN2O2S. The summed E-state index contributed by atoms with van der Waals surface area (Å²) in [5, 5.41) is 7.88. The van der Waals surface area contributed by atoms with Gasteiger partial charge in [-0.25, -0.2) is 17.9 Å². The van der Waals surface area contributed by atoms with E-state index in [4.69, 9.17) is 5.14 Å². The average Bonchev–Trinajstić information content (AvgIpc) is 2.20. The summed E-state index contributed by atoms with van der Waals surface area (Å²) in [6, 6.07) is 4.59. The standard InChI is InChI=1S/C10H14BrFN2O2S/c1-7(14-4-5-17(13,15)16)8-2-3-10(12)9(11)6-8/h2-3,6-7,14H,4-5H2,1H3,(H2,13,15,16). The molecule has 3 N–H and O–H groups in total. The second-order valence-electron chi connectivity index (χ2n) is 3.72. The van der Waals surface area contributed by atoms with Gasteiger partial charge < -0.3 is 5.32 Å². The van der Waals surface area contributed by atoms with Gasteiger partial charge in [0, 0.05) is 12.6 Å². The number of halogens is 2. The van der Waals surface area contributed by atoms with Gasteiger partial charge in [-0.2, -0.15) is 0 Å². The minimum Gasteiger partial charge on any atom is -0.309 e. The molecule has 96 valence electrons. The van der Waals surface area contributed by atoms with Crippen LogP contribution in [-0.4, -0.2) is 20.7 Å². The van der Waals surface area contributed by atoms with E-state index in [0.29, 0.717) is 4.47 Å². The maximum atomic E-state index is 13.0. The highest BCUT2D eigenvalue weighted by Gasteiger charge is 2.09. The summed E-state index contributed by atoms with van der Waals surface area (Å²) in [5.41, 5.74) is 0.868. The molecule has 0 bridgehead atoms. The maximum Gasteiger partial charge on any atom is 0.210 e.